The van der Waals surface area contributed by atoms with E-state index in [1.54, 1.807) is 0 Å². The van der Waals surface area contributed by atoms with Crippen LogP contribution in [0.25, 0.3) is 0 Å². The highest BCUT2D eigenvalue weighted by molar-refractivity contribution is 5.78. The van der Waals surface area contributed by atoms with E-state index in [1.165, 1.54) is 12.8 Å². The lowest BCUT2D eigenvalue weighted by molar-refractivity contribution is -0.146. The molecule has 3 aliphatic rings. The zero-order valence-corrected chi connectivity index (χ0v) is 14.4. The Kier molecular flexibility index (Phi) is 5.91. The molecule has 2 aliphatic heterocycles. The van der Waals surface area contributed by atoms with Gasteiger partial charge in [0, 0.05) is 32.8 Å². The molecule has 2 saturated heterocycles. The van der Waals surface area contributed by atoms with Crippen LogP contribution < -0.4 is 0 Å². The maximum atomic E-state index is 12.5. The number of carbonyl (C=O) groups excluding carboxylic acids is 1. The first-order chi connectivity index (χ1) is 11.1. The summed E-state index contributed by atoms with van der Waals surface area (Å²) in [7, 11) is 0. The Balaban J connectivity index is 1.40. The highest BCUT2D eigenvalue weighted by Gasteiger charge is 2.29. The van der Waals surface area contributed by atoms with E-state index in [2.05, 4.69) is 4.90 Å². The molecule has 0 aromatic carbocycles. The molecule has 0 aromatic heterocycles. The Morgan fingerprint density at radius 3 is 2.57 bits per heavy atom. The SMILES string of the molecule is CC1CN(C(=O)CN2CCOC(COCC3CC3)C2)CC(C)O1. The number of amides is 1. The molecule has 2 heterocycles. The van der Waals surface area contributed by atoms with Gasteiger partial charge in [0.1, 0.15) is 0 Å². The summed E-state index contributed by atoms with van der Waals surface area (Å²) >= 11 is 0. The van der Waals surface area contributed by atoms with Gasteiger partial charge in [-0.15, -0.1) is 0 Å². The largest absolute Gasteiger partial charge is 0.378 e. The standard InChI is InChI=1S/C17H30N2O4/c1-13-7-19(8-14(2)23-13)17(20)10-18-5-6-22-16(9-18)12-21-11-15-3-4-15/h13-16H,3-12H2,1-2H3. The van der Waals surface area contributed by atoms with Gasteiger partial charge >= 0.3 is 0 Å². The average molecular weight is 326 g/mol. The summed E-state index contributed by atoms with van der Waals surface area (Å²) in [5.41, 5.74) is 0. The molecular weight excluding hydrogens is 296 g/mol. The topological polar surface area (TPSA) is 51.2 Å². The fourth-order valence-corrected chi connectivity index (χ4v) is 3.35. The van der Waals surface area contributed by atoms with E-state index in [4.69, 9.17) is 14.2 Å². The third-order valence-corrected chi connectivity index (χ3v) is 4.71. The van der Waals surface area contributed by atoms with Crippen LogP contribution in [0.3, 0.4) is 0 Å². The molecule has 132 valence electrons. The molecule has 0 spiro atoms. The average Bonchev–Trinajstić information content (AvgIpc) is 3.31. The lowest BCUT2D eigenvalue weighted by Crippen LogP contribution is -2.53. The molecule has 0 radical (unpaired) electrons. The predicted octanol–water partition coefficient (Wildman–Crippen LogP) is 0.750. The molecule has 1 amide bonds. The van der Waals surface area contributed by atoms with Crippen molar-refractivity contribution in [2.45, 2.75) is 45.0 Å². The van der Waals surface area contributed by atoms with Crippen molar-refractivity contribution in [3.05, 3.63) is 0 Å². The third kappa shape index (κ3) is 5.41. The Labute approximate surface area is 139 Å². The van der Waals surface area contributed by atoms with Gasteiger partial charge < -0.3 is 19.1 Å². The van der Waals surface area contributed by atoms with Crippen LogP contribution in [0.1, 0.15) is 26.7 Å². The van der Waals surface area contributed by atoms with Crippen LogP contribution in [0, 0.1) is 5.92 Å². The number of carbonyl (C=O) groups is 1. The summed E-state index contributed by atoms with van der Waals surface area (Å²) < 4.78 is 17.2. The van der Waals surface area contributed by atoms with Crippen LogP contribution in [0.4, 0.5) is 0 Å². The van der Waals surface area contributed by atoms with E-state index in [1.807, 2.05) is 18.7 Å². The van der Waals surface area contributed by atoms with Gasteiger partial charge in [0.2, 0.25) is 5.91 Å². The number of ether oxygens (including phenoxy) is 3. The van der Waals surface area contributed by atoms with Gasteiger partial charge in [-0.3, -0.25) is 9.69 Å². The van der Waals surface area contributed by atoms with Gasteiger partial charge in [-0.25, -0.2) is 0 Å². The van der Waals surface area contributed by atoms with Crippen molar-refractivity contribution in [1.82, 2.24) is 9.80 Å². The molecule has 0 N–H and O–H groups in total. The zero-order chi connectivity index (χ0) is 16.2. The van der Waals surface area contributed by atoms with Crippen molar-refractivity contribution in [2.24, 2.45) is 5.92 Å². The van der Waals surface area contributed by atoms with Gasteiger partial charge in [0.05, 0.1) is 38.1 Å². The molecule has 3 unspecified atom stereocenters. The van der Waals surface area contributed by atoms with E-state index in [0.717, 1.165) is 25.6 Å². The predicted molar refractivity (Wildman–Crippen MR) is 86.3 cm³/mol. The monoisotopic (exact) mass is 326 g/mol. The summed E-state index contributed by atoms with van der Waals surface area (Å²) in [4.78, 5) is 16.7. The van der Waals surface area contributed by atoms with Crippen LogP contribution >= 0.6 is 0 Å². The summed E-state index contributed by atoms with van der Waals surface area (Å²) in [5.74, 6) is 0.980. The summed E-state index contributed by atoms with van der Waals surface area (Å²) in [6, 6.07) is 0. The van der Waals surface area contributed by atoms with Gasteiger partial charge in [0.25, 0.3) is 0 Å². The van der Waals surface area contributed by atoms with E-state index in [0.29, 0.717) is 32.8 Å². The lowest BCUT2D eigenvalue weighted by Gasteiger charge is -2.38. The van der Waals surface area contributed by atoms with E-state index in [-0.39, 0.29) is 24.2 Å². The molecule has 1 saturated carbocycles. The number of hydrogen-bond donors (Lipinski definition) is 0. The van der Waals surface area contributed by atoms with E-state index >= 15 is 0 Å². The summed E-state index contributed by atoms with van der Waals surface area (Å²) in [6.45, 7) is 9.71. The molecule has 0 bridgehead atoms. The Morgan fingerprint density at radius 1 is 1.13 bits per heavy atom. The second-order valence-corrected chi connectivity index (χ2v) is 7.26. The number of nitrogens with zero attached hydrogens (tertiary/aromatic N) is 2. The molecule has 6 nitrogen and oxygen atoms in total. The highest BCUT2D eigenvalue weighted by atomic mass is 16.5. The zero-order valence-electron chi connectivity index (χ0n) is 14.4. The Bertz CT molecular complexity index is 392. The Hall–Kier alpha value is -0.690. The van der Waals surface area contributed by atoms with Crippen molar-refractivity contribution >= 4 is 5.91 Å². The molecule has 1 aliphatic carbocycles. The first kappa shape index (κ1) is 17.1. The Morgan fingerprint density at radius 2 is 1.87 bits per heavy atom. The second-order valence-electron chi connectivity index (χ2n) is 7.26. The minimum absolute atomic E-state index is 0.0952. The van der Waals surface area contributed by atoms with Gasteiger partial charge in [-0.05, 0) is 32.6 Å². The molecule has 6 heteroatoms. The van der Waals surface area contributed by atoms with Crippen molar-refractivity contribution in [3.8, 4) is 0 Å². The molecule has 0 aromatic rings. The molecule has 3 fully saturated rings. The van der Waals surface area contributed by atoms with Crippen molar-refractivity contribution in [2.75, 3.05) is 52.5 Å². The number of hydrogen-bond acceptors (Lipinski definition) is 5. The van der Waals surface area contributed by atoms with Crippen LogP contribution in [-0.2, 0) is 19.0 Å². The van der Waals surface area contributed by atoms with Crippen LogP contribution in [0.5, 0.6) is 0 Å². The van der Waals surface area contributed by atoms with Gasteiger partial charge in [-0.1, -0.05) is 0 Å². The first-order valence-corrected chi connectivity index (χ1v) is 8.95. The lowest BCUT2D eigenvalue weighted by atomic mass is 10.2. The van der Waals surface area contributed by atoms with E-state index in [9.17, 15) is 4.79 Å². The minimum Gasteiger partial charge on any atom is -0.378 e. The maximum Gasteiger partial charge on any atom is 0.236 e. The van der Waals surface area contributed by atoms with Gasteiger partial charge in [0.15, 0.2) is 0 Å². The van der Waals surface area contributed by atoms with Crippen LogP contribution in [0.2, 0.25) is 0 Å². The molecule has 23 heavy (non-hydrogen) atoms. The van der Waals surface area contributed by atoms with Crippen molar-refractivity contribution < 1.29 is 19.0 Å². The fraction of sp³-hybridized carbons (Fsp3) is 0.941. The first-order valence-electron chi connectivity index (χ1n) is 8.95. The minimum atomic E-state index is 0.0952. The van der Waals surface area contributed by atoms with Crippen LogP contribution in [0.15, 0.2) is 0 Å². The van der Waals surface area contributed by atoms with Gasteiger partial charge in [-0.2, -0.15) is 0 Å². The van der Waals surface area contributed by atoms with Crippen LogP contribution in [-0.4, -0.2) is 86.6 Å². The normalized spacial score (nSPS) is 33.0. The molecule has 3 atom stereocenters. The summed E-state index contributed by atoms with van der Waals surface area (Å²) in [5, 5.41) is 0. The van der Waals surface area contributed by atoms with Crippen molar-refractivity contribution in [1.29, 1.82) is 0 Å². The quantitative estimate of drug-likeness (QED) is 0.721. The second kappa shape index (κ2) is 7.92. The molecular formula is C17H30N2O4. The summed E-state index contributed by atoms with van der Waals surface area (Å²) in [6.07, 6.45) is 2.95. The van der Waals surface area contributed by atoms with E-state index < -0.39 is 0 Å². The maximum absolute atomic E-state index is 12.5. The number of morpholine rings is 2. The fourth-order valence-electron chi connectivity index (χ4n) is 3.35. The molecule has 3 rings (SSSR count). The highest BCUT2D eigenvalue weighted by Crippen LogP contribution is 2.28. The number of rotatable bonds is 6. The van der Waals surface area contributed by atoms with Crippen molar-refractivity contribution in [3.63, 3.8) is 0 Å². The third-order valence-electron chi connectivity index (χ3n) is 4.71. The smallest absolute Gasteiger partial charge is 0.236 e.